The lowest BCUT2D eigenvalue weighted by Crippen LogP contribution is -2.28. The summed E-state index contributed by atoms with van der Waals surface area (Å²) in [5.41, 5.74) is 1.03. The molecule has 4 N–H and O–H groups in total. The highest BCUT2D eigenvalue weighted by Gasteiger charge is 2.31. The van der Waals surface area contributed by atoms with E-state index in [0.717, 1.165) is 23.1 Å². The number of benzene rings is 2. The summed E-state index contributed by atoms with van der Waals surface area (Å²) in [6, 6.07) is 5.38. The maximum Gasteiger partial charge on any atom is 0.471 e. The van der Waals surface area contributed by atoms with Crippen LogP contribution in [0, 0.1) is 11.6 Å². The normalized spacial score (nSPS) is 14.8. The van der Waals surface area contributed by atoms with E-state index in [1.54, 1.807) is 0 Å². The summed E-state index contributed by atoms with van der Waals surface area (Å²) in [5.74, 6) is -1.76. The number of nitrogens with one attached hydrogen (secondary N) is 2. The van der Waals surface area contributed by atoms with E-state index in [1.807, 2.05) is 0 Å². The molecule has 3 aromatic rings. The van der Waals surface area contributed by atoms with Crippen molar-refractivity contribution in [1.29, 1.82) is 0 Å². The number of hydrogen-bond acceptors (Lipinski definition) is 7. The molecule has 2 aromatic carbocycles. The van der Waals surface area contributed by atoms with Gasteiger partial charge in [0.05, 0.1) is 11.1 Å². The number of nitrogens with zero attached hydrogens (tertiary/aromatic N) is 3. The van der Waals surface area contributed by atoms with E-state index < -0.39 is 44.2 Å². The van der Waals surface area contributed by atoms with Gasteiger partial charge in [0.15, 0.2) is 19.2 Å². The quantitative estimate of drug-likeness (QED) is 0.304. The van der Waals surface area contributed by atoms with Crippen molar-refractivity contribution in [3.05, 3.63) is 75.8 Å². The minimum absolute atomic E-state index is 0.0299. The van der Waals surface area contributed by atoms with Gasteiger partial charge in [0, 0.05) is 16.8 Å². The van der Waals surface area contributed by atoms with Crippen LogP contribution in [0.1, 0.15) is 39.8 Å². The summed E-state index contributed by atoms with van der Waals surface area (Å²) in [4.78, 5) is 46.4. The standard InChI is InChI=1S/C21H19ClF2N5O7P/c22-14-7-11(1-4-15(14)23)26-20(30)13-2-5-16(24)19-12(13)3-6-17(19)27-21(31)35-8-18-25-9-29(28-18)10-36-37(32,33)34/h1-2,4-5,7,9,17H,3,6,8,10H2,(H,26,30)(H,27,31)(H2,32,33,34)/t17-/m0/s1. The molecule has 0 saturated carbocycles. The second kappa shape index (κ2) is 10.9. The van der Waals surface area contributed by atoms with Crippen molar-refractivity contribution in [2.24, 2.45) is 0 Å². The van der Waals surface area contributed by atoms with Gasteiger partial charge in [-0.2, -0.15) is 5.10 Å². The molecule has 0 aliphatic heterocycles. The van der Waals surface area contributed by atoms with Gasteiger partial charge in [-0.15, -0.1) is 0 Å². The highest BCUT2D eigenvalue weighted by Crippen LogP contribution is 2.37. The molecule has 0 spiro atoms. The summed E-state index contributed by atoms with van der Waals surface area (Å²) in [7, 11) is -4.69. The van der Waals surface area contributed by atoms with Crippen LogP contribution in [0.4, 0.5) is 19.3 Å². The number of carbonyl (C=O) groups is 2. The molecule has 1 atom stereocenters. The van der Waals surface area contributed by atoms with E-state index in [1.165, 1.54) is 18.2 Å². The Kier molecular flexibility index (Phi) is 7.85. The van der Waals surface area contributed by atoms with E-state index in [9.17, 15) is 22.9 Å². The van der Waals surface area contributed by atoms with Gasteiger partial charge in [-0.05, 0) is 48.7 Å². The first-order chi connectivity index (χ1) is 17.5. The zero-order valence-electron chi connectivity index (χ0n) is 18.7. The Balaban J connectivity index is 1.38. The van der Waals surface area contributed by atoms with Crippen LogP contribution in [-0.2, 0) is 33.6 Å². The lowest BCUT2D eigenvalue weighted by atomic mass is 10.0. The zero-order valence-corrected chi connectivity index (χ0v) is 20.4. The molecule has 0 fully saturated rings. The van der Waals surface area contributed by atoms with Crippen LogP contribution in [0.2, 0.25) is 5.02 Å². The van der Waals surface area contributed by atoms with Gasteiger partial charge in [-0.25, -0.2) is 27.8 Å². The number of phosphoric acid groups is 1. The first-order valence-corrected chi connectivity index (χ1v) is 12.5. The molecule has 0 saturated heterocycles. The highest BCUT2D eigenvalue weighted by molar-refractivity contribution is 7.46. The molecular formula is C21H19ClF2N5O7P. The minimum atomic E-state index is -4.69. The van der Waals surface area contributed by atoms with Crippen molar-refractivity contribution in [1.82, 2.24) is 20.1 Å². The van der Waals surface area contributed by atoms with Crippen LogP contribution in [0.5, 0.6) is 0 Å². The van der Waals surface area contributed by atoms with Crippen molar-refractivity contribution in [2.75, 3.05) is 5.32 Å². The van der Waals surface area contributed by atoms with Crippen LogP contribution >= 0.6 is 19.4 Å². The molecule has 4 rings (SSSR count). The van der Waals surface area contributed by atoms with E-state index >= 15 is 0 Å². The smallest absolute Gasteiger partial charge is 0.441 e. The van der Waals surface area contributed by atoms with Crippen LogP contribution in [0.25, 0.3) is 0 Å². The SMILES string of the molecule is O=C(N[C@H]1CCc2c(C(=O)Nc3ccc(F)c(Cl)c3)ccc(F)c21)OCc1ncn(COP(=O)(O)O)n1. The van der Waals surface area contributed by atoms with Crippen LogP contribution < -0.4 is 10.6 Å². The third-order valence-electron chi connectivity index (χ3n) is 5.32. The molecule has 12 nitrogen and oxygen atoms in total. The van der Waals surface area contributed by atoms with Crippen molar-refractivity contribution < 1.29 is 42.0 Å². The number of aromatic nitrogens is 3. The summed E-state index contributed by atoms with van der Waals surface area (Å²) < 4.78 is 49.1. The van der Waals surface area contributed by atoms with Gasteiger partial charge in [-0.1, -0.05) is 11.6 Å². The molecule has 2 amide bonds. The molecule has 0 bridgehead atoms. The maximum atomic E-state index is 14.7. The number of halogens is 3. The van der Waals surface area contributed by atoms with Crippen molar-refractivity contribution in [2.45, 2.75) is 32.2 Å². The lowest BCUT2D eigenvalue weighted by Gasteiger charge is -2.16. The number of fused-ring (bicyclic) bond motifs is 1. The summed E-state index contributed by atoms with van der Waals surface area (Å²) >= 11 is 5.75. The van der Waals surface area contributed by atoms with Crippen molar-refractivity contribution in [3.8, 4) is 0 Å². The Hall–Kier alpha value is -3.42. The van der Waals surface area contributed by atoms with Crippen LogP contribution in [-0.4, -0.2) is 36.6 Å². The molecule has 196 valence electrons. The number of hydrogen-bond donors (Lipinski definition) is 4. The van der Waals surface area contributed by atoms with Gasteiger partial charge in [0.1, 0.15) is 18.0 Å². The van der Waals surface area contributed by atoms with Gasteiger partial charge in [0.2, 0.25) is 0 Å². The zero-order chi connectivity index (χ0) is 26.7. The molecule has 0 unspecified atom stereocenters. The Labute approximate surface area is 212 Å². The number of anilines is 1. The Morgan fingerprint density at radius 1 is 1.22 bits per heavy atom. The average Bonchev–Trinajstić information content (AvgIpc) is 3.46. The fraction of sp³-hybridized carbons (Fsp3) is 0.238. The molecular weight excluding hydrogens is 539 g/mol. The van der Waals surface area contributed by atoms with E-state index in [4.69, 9.17) is 26.1 Å². The van der Waals surface area contributed by atoms with Gasteiger partial charge < -0.3 is 25.2 Å². The predicted octanol–water partition coefficient (Wildman–Crippen LogP) is 3.44. The topological polar surface area (TPSA) is 165 Å². The summed E-state index contributed by atoms with van der Waals surface area (Å²) in [5, 5.41) is 8.82. The van der Waals surface area contributed by atoms with E-state index in [-0.39, 0.29) is 34.3 Å². The Morgan fingerprint density at radius 3 is 2.70 bits per heavy atom. The van der Waals surface area contributed by atoms with Crippen molar-refractivity contribution >= 4 is 37.1 Å². The van der Waals surface area contributed by atoms with Gasteiger partial charge in [-0.3, -0.25) is 9.32 Å². The third-order valence-corrected chi connectivity index (χ3v) is 6.07. The highest BCUT2D eigenvalue weighted by atomic mass is 35.5. The monoisotopic (exact) mass is 557 g/mol. The second-order valence-electron chi connectivity index (χ2n) is 7.83. The molecule has 1 aliphatic rings. The predicted molar refractivity (Wildman–Crippen MR) is 123 cm³/mol. The summed E-state index contributed by atoms with van der Waals surface area (Å²) in [6.07, 6.45) is 0.842. The largest absolute Gasteiger partial charge is 0.471 e. The van der Waals surface area contributed by atoms with Gasteiger partial charge in [0.25, 0.3) is 5.91 Å². The van der Waals surface area contributed by atoms with E-state index in [0.29, 0.717) is 18.4 Å². The number of carbonyl (C=O) groups excluding carboxylic acids is 2. The maximum absolute atomic E-state index is 14.7. The third kappa shape index (κ3) is 6.67. The van der Waals surface area contributed by atoms with E-state index in [2.05, 4.69) is 25.2 Å². The van der Waals surface area contributed by atoms with Gasteiger partial charge >= 0.3 is 13.9 Å². The molecule has 16 heteroatoms. The average molecular weight is 558 g/mol. The fourth-order valence-corrected chi connectivity index (χ4v) is 4.20. The summed E-state index contributed by atoms with van der Waals surface area (Å²) in [6.45, 7) is -0.939. The molecule has 1 heterocycles. The number of rotatable bonds is 8. The lowest BCUT2D eigenvalue weighted by molar-refractivity contribution is 0.102. The number of alkyl carbamates (subject to hydrolysis) is 1. The number of amides is 2. The second-order valence-corrected chi connectivity index (χ2v) is 9.48. The number of phosphoric ester groups is 1. The minimum Gasteiger partial charge on any atom is -0.441 e. The van der Waals surface area contributed by atoms with Crippen LogP contribution in [0.15, 0.2) is 36.7 Å². The first-order valence-electron chi connectivity index (χ1n) is 10.6. The molecule has 1 aliphatic carbocycles. The molecule has 37 heavy (non-hydrogen) atoms. The Bertz CT molecular complexity index is 1400. The first kappa shape index (κ1) is 26.6. The van der Waals surface area contributed by atoms with Crippen molar-refractivity contribution in [3.63, 3.8) is 0 Å². The van der Waals surface area contributed by atoms with Crippen LogP contribution in [0.3, 0.4) is 0 Å². The molecule has 1 aromatic heterocycles. The fourth-order valence-electron chi connectivity index (χ4n) is 3.75. The molecule has 0 radical (unpaired) electrons. The number of ether oxygens (including phenoxy) is 1. The Morgan fingerprint density at radius 2 is 1.97 bits per heavy atom.